The summed E-state index contributed by atoms with van der Waals surface area (Å²) in [5.74, 6) is -0.139. The number of benzene rings is 1. The Balaban J connectivity index is 1.60. The number of aromatic nitrogens is 2. The van der Waals surface area contributed by atoms with E-state index in [1.165, 1.54) is 0 Å². The first kappa shape index (κ1) is 17.0. The molecule has 1 unspecified atom stereocenters. The molecule has 1 aromatic heterocycles. The van der Waals surface area contributed by atoms with Crippen molar-refractivity contribution >= 4 is 28.4 Å². The summed E-state index contributed by atoms with van der Waals surface area (Å²) in [5.41, 5.74) is 2.02. The van der Waals surface area contributed by atoms with Gasteiger partial charge in [0.15, 0.2) is 0 Å². The number of nitrogens with zero attached hydrogens (tertiary/aromatic N) is 5. The molecule has 3 heterocycles. The van der Waals surface area contributed by atoms with Crippen LogP contribution >= 0.6 is 0 Å². The third-order valence-electron chi connectivity index (χ3n) is 4.95. The van der Waals surface area contributed by atoms with Crippen LogP contribution in [0.25, 0.3) is 10.9 Å². The molecule has 136 valence electrons. The number of dihydropyridines is 1. The van der Waals surface area contributed by atoms with Crippen LogP contribution in [0.1, 0.15) is 16.8 Å². The van der Waals surface area contributed by atoms with Gasteiger partial charge in [0, 0.05) is 43.8 Å². The van der Waals surface area contributed by atoms with Gasteiger partial charge < -0.3 is 9.64 Å². The van der Waals surface area contributed by atoms with E-state index in [9.17, 15) is 9.59 Å². The smallest absolute Gasteiger partial charge is 0.287 e. The molecule has 1 atom stereocenters. The third kappa shape index (κ3) is 2.77. The Labute approximate surface area is 155 Å². The quantitative estimate of drug-likeness (QED) is 0.804. The van der Waals surface area contributed by atoms with Crippen molar-refractivity contribution in [2.24, 2.45) is 18.0 Å². The van der Waals surface area contributed by atoms with Crippen LogP contribution in [-0.2, 0) is 11.8 Å². The molecular formula is C19H17N5O3. The van der Waals surface area contributed by atoms with E-state index in [1.807, 2.05) is 12.1 Å². The first-order chi connectivity index (χ1) is 13.0. The number of hydrogen-bond acceptors (Lipinski definition) is 5. The van der Waals surface area contributed by atoms with E-state index in [4.69, 9.17) is 10.00 Å². The molecule has 8 heteroatoms. The summed E-state index contributed by atoms with van der Waals surface area (Å²) in [6.45, 7) is 0.889. The van der Waals surface area contributed by atoms with Crippen molar-refractivity contribution in [1.82, 2.24) is 14.7 Å². The van der Waals surface area contributed by atoms with Gasteiger partial charge in [-0.15, -0.1) is 0 Å². The van der Waals surface area contributed by atoms with E-state index >= 15 is 0 Å². The first-order valence-corrected chi connectivity index (χ1v) is 8.55. The number of piperidine rings is 1. The molecule has 1 fully saturated rings. The number of likely N-dealkylation sites (tertiary alicyclic amines) is 1. The van der Waals surface area contributed by atoms with E-state index in [-0.39, 0.29) is 17.4 Å². The van der Waals surface area contributed by atoms with Crippen LogP contribution in [0.2, 0.25) is 0 Å². The van der Waals surface area contributed by atoms with E-state index in [2.05, 4.69) is 10.1 Å². The lowest BCUT2D eigenvalue weighted by molar-refractivity contribution is -0.114. The summed E-state index contributed by atoms with van der Waals surface area (Å²) in [6.07, 6.45) is 2.15. The van der Waals surface area contributed by atoms with Crippen molar-refractivity contribution in [3.63, 3.8) is 0 Å². The van der Waals surface area contributed by atoms with Crippen molar-refractivity contribution in [2.75, 3.05) is 20.2 Å². The van der Waals surface area contributed by atoms with Gasteiger partial charge in [-0.05, 0) is 18.2 Å². The van der Waals surface area contributed by atoms with Crippen molar-refractivity contribution < 1.29 is 14.3 Å². The van der Waals surface area contributed by atoms with Gasteiger partial charge >= 0.3 is 0 Å². The van der Waals surface area contributed by atoms with Crippen molar-refractivity contribution in [2.45, 2.75) is 6.42 Å². The Morgan fingerprint density at radius 1 is 1.41 bits per heavy atom. The second kappa shape index (κ2) is 6.36. The molecule has 0 spiro atoms. The lowest BCUT2D eigenvalue weighted by Gasteiger charge is -2.33. The standard InChI is InChI=1S/C19H17N5O3/c1-23-19(27-2)14-4-3-11(8-16(14)22-23)18(26)24-6-5-15-13(10-24)7-12(9-20)17(25)21-15/h3-4,7-8,13H,5-6,10H2,1-2H3. The first-order valence-electron chi connectivity index (χ1n) is 8.55. The Morgan fingerprint density at radius 3 is 2.96 bits per heavy atom. The molecule has 27 heavy (non-hydrogen) atoms. The summed E-state index contributed by atoms with van der Waals surface area (Å²) in [4.78, 5) is 30.4. The minimum absolute atomic E-state index is 0.0417. The van der Waals surface area contributed by atoms with Crippen molar-refractivity contribution in [1.29, 1.82) is 5.26 Å². The lowest BCUT2D eigenvalue weighted by Crippen LogP contribution is -2.44. The average molecular weight is 363 g/mol. The highest BCUT2D eigenvalue weighted by Crippen LogP contribution is 2.27. The molecule has 2 aliphatic heterocycles. The molecule has 0 N–H and O–H groups in total. The highest BCUT2D eigenvalue weighted by molar-refractivity contribution is 6.10. The molecule has 2 aliphatic rings. The number of carbonyl (C=O) groups is 2. The van der Waals surface area contributed by atoms with Crippen LogP contribution in [0.4, 0.5) is 0 Å². The van der Waals surface area contributed by atoms with Gasteiger partial charge in [-0.2, -0.15) is 10.4 Å². The summed E-state index contributed by atoms with van der Waals surface area (Å²) < 4.78 is 6.97. The molecule has 2 aromatic rings. The number of rotatable bonds is 2. The number of carbonyl (C=O) groups excluding carboxylic acids is 2. The molecule has 2 amide bonds. The zero-order valence-corrected chi connectivity index (χ0v) is 15.0. The topological polar surface area (TPSA) is 101 Å². The van der Waals surface area contributed by atoms with Gasteiger partial charge in [-0.3, -0.25) is 9.59 Å². The Kier molecular flexibility index (Phi) is 4.00. The number of amides is 2. The van der Waals surface area contributed by atoms with Crippen LogP contribution in [0.3, 0.4) is 0 Å². The van der Waals surface area contributed by atoms with Gasteiger partial charge in [0.25, 0.3) is 11.8 Å². The zero-order valence-electron chi connectivity index (χ0n) is 15.0. The van der Waals surface area contributed by atoms with Crippen LogP contribution in [0, 0.1) is 17.2 Å². The number of methoxy groups -OCH3 is 1. The molecular weight excluding hydrogens is 346 g/mol. The minimum Gasteiger partial charge on any atom is -0.481 e. The number of fused-ring (bicyclic) bond motifs is 2. The highest BCUT2D eigenvalue weighted by Gasteiger charge is 2.32. The van der Waals surface area contributed by atoms with Crippen molar-refractivity contribution in [3.8, 4) is 11.9 Å². The monoisotopic (exact) mass is 363 g/mol. The molecule has 0 bridgehead atoms. The molecule has 0 saturated carbocycles. The molecule has 1 saturated heterocycles. The number of nitriles is 1. The number of aliphatic imine (C=N–C) groups is 1. The largest absolute Gasteiger partial charge is 0.481 e. The summed E-state index contributed by atoms with van der Waals surface area (Å²) >= 11 is 0. The summed E-state index contributed by atoms with van der Waals surface area (Å²) in [6, 6.07) is 7.22. The van der Waals surface area contributed by atoms with Gasteiger partial charge in [0.05, 0.1) is 18.0 Å². The van der Waals surface area contributed by atoms with Crippen molar-refractivity contribution in [3.05, 3.63) is 35.4 Å². The van der Waals surface area contributed by atoms with Gasteiger partial charge in [-0.1, -0.05) is 6.08 Å². The summed E-state index contributed by atoms with van der Waals surface area (Å²) in [5, 5.41) is 14.3. The van der Waals surface area contributed by atoms with Gasteiger partial charge in [0.1, 0.15) is 11.6 Å². The zero-order chi connectivity index (χ0) is 19.1. The molecule has 1 aromatic carbocycles. The highest BCUT2D eigenvalue weighted by atomic mass is 16.5. The van der Waals surface area contributed by atoms with E-state index in [1.54, 1.807) is 41.9 Å². The maximum absolute atomic E-state index is 13.0. The predicted octanol–water partition coefficient (Wildman–Crippen LogP) is 1.48. The fourth-order valence-corrected chi connectivity index (χ4v) is 3.62. The van der Waals surface area contributed by atoms with E-state index in [0.717, 1.165) is 11.1 Å². The molecule has 0 radical (unpaired) electrons. The maximum atomic E-state index is 13.0. The van der Waals surface area contributed by atoms with Gasteiger partial charge in [-0.25, -0.2) is 9.67 Å². The Morgan fingerprint density at radius 2 is 2.22 bits per heavy atom. The minimum atomic E-state index is -0.488. The SMILES string of the molecule is COc1c2ccc(C(=O)N3CCC4=NC(=O)C(C#N)=CC4C3)cc2nn1C. The van der Waals surface area contributed by atoms with Crippen LogP contribution in [0.15, 0.2) is 34.8 Å². The van der Waals surface area contributed by atoms with Crippen LogP contribution < -0.4 is 4.74 Å². The van der Waals surface area contributed by atoms with Crippen LogP contribution in [0.5, 0.6) is 5.88 Å². The summed E-state index contributed by atoms with van der Waals surface area (Å²) in [7, 11) is 3.37. The number of aryl methyl sites for hydroxylation is 1. The molecule has 4 rings (SSSR count). The fraction of sp³-hybridized carbons (Fsp3) is 0.316. The second-order valence-corrected chi connectivity index (χ2v) is 6.57. The Bertz CT molecular complexity index is 1070. The third-order valence-corrected chi connectivity index (χ3v) is 4.95. The predicted molar refractivity (Wildman–Crippen MR) is 97.4 cm³/mol. The van der Waals surface area contributed by atoms with Gasteiger partial charge in [0.2, 0.25) is 5.88 Å². The number of ether oxygens (including phenoxy) is 1. The Hall–Kier alpha value is -3.47. The van der Waals surface area contributed by atoms with E-state index in [0.29, 0.717) is 36.5 Å². The molecule has 8 nitrogen and oxygen atoms in total. The van der Waals surface area contributed by atoms with Crippen LogP contribution in [-0.4, -0.2) is 52.4 Å². The number of hydrogen-bond donors (Lipinski definition) is 0. The average Bonchev–Trinajstić information content (AvgIpc) is 3.00. The second-order valence-electron chi connectivity index (χ2n) is 6.57. The molecule has 0 aliphatic carbocycles. The maximum Gasteiger partial charge on any atom is 0.287 e. The lowest BCUT2D eigenvalue weighted by atomic mass is 9.90. The fourth-order valence-electron chi connectivity index (χ4n) is 3.62. The van der Waals surface area contributed by atoms with E-state index < -0.39 is 5.91 Å². The normalized spacial score (nSPS) is 19.2.